The van der Waals surface area contributed by atoms with Crippen molar-refractivity contribution in [1.29, 1.82) is 0 Å². The first-order valence-electron chi connectivity index (χ1n) is 14.1. The van der Waals surface area contributed by atoms with Crippen LogP contribution in [0, 0.1) is 0 Å². The fraction of sp³-hybridized carbons (Fsp3) is 0.242. The predicted molar refractivity (Wildman–Crippen MR) is 162 cm³/mol. The van der Waals surface area contributed by atoms with E-state index in [0.29, 0.717) is 28.1 Å². The van der Waals surface area contributed by atoms with Gasteiger partial charge >= 0.3 is 0 Å². The Hall–Kier alpha value is -4.69. The van der Waals surface area contributed by atoms with Crippen LogP contribution in [0.25, 0.3) is 11.3 Å². The summed E-state index contributed by atoms with van der Waals surface area (Å²) in [4.78, 5) is 29.2. The molecule has 0 radical (unpaired) electrons. The van der Waals surface area contributed by atoms with Crippen molar-refractivity contribution in [2.24, 2.45) is 7.05 Å². The number of fused-ring (bicyclic) bond motifs is 1. The van der Waals surface area contributed by atoms with Gasteiger partial charge < -0.3 is 16.0 Å². The molecule has 2 aliphatic heterocycles. The summed E-state index contributed by atoms with van der Waals surface area (Å²) in [5, 5.41) is 14.0. The summed E-state index contributed by atoms with van der Waals surface area (Å²) in [5.74, 6) is -0.428. The van der Waals surface area contributed by atoms with Gasteiger partial charge in [-0.15, -0.1) is 0 Å². The Kier molecular flexibility index (Phi) is 7.39. The first-order chi connectivity index (χ1) is 19.9. The lowest BCUT2D eigenvalue weighted by molar-refractivity contribution is -0.110. The van der Waals surface area contributed by atoms with Gasteiger partial charge in [0, 0.05) is 47.9 Å². The lowest BCUT2D eigenvalue weighted by atomic mass is 9.99. The first kappa shape index (κ1) is 26.5. The van der Waals surface area contributed by atoms with Gasteiger partial charge in [-0.2, -0.15) is 5.10 Å². The molecule has 2 amide bonds. The molecule has 2 aliphatic rings. The van der Waals surface area contributed by atoms with E-state index in [1.165, 1.54) is 18.4 Å². The first-order valence-corrected chi connectivity index (χ1v) is 14.1. The molecule has 208 valence electrons. The normalized spacial score (nSPS) is 16.7. The summed E-state index contributed by atoms with van der Waals surface area (Å²) in [7, 11) is 1.85. The molecule has 0 saturated carbocycles. The molecule has 1 aromatic heterocycles. The minimum Gasteiger partial charge on any atom is -0.354 e. The maximum atomic E-state index is 13.4. The van der Waals surface area contributed by atoms with Gasteiger partial charge in [-0.25, -0.2) is 0 Å². The maximum absolute atomic E-state index is 13.4. The van der Waals surface area contributed by atoms with Crippen molar-refractivity contribution in [1.82, 2.24) is 20.0 Å². The molecule has 4 aromatic rings. The van der Waals surface area contributed by atoms with E-state index in [2.05, 4.69) is 38.1 Å². The zero-order valence-corrected chi connectivity index (χ0v) is 23.4. The van der Waals surface area contributed by atoms with Gasteiger partial charge in [0.05, 0.1) is 23.5 Å². The molecule has 0 spiro atoms. The average Bonchev–Trinajstić information content (AvgIpc) is 3.72. The van der Waals surface area contributed by atoms with Crippen LogP contribution in [0.2, 0.25) is 0 Å². The van der Waals surface area contributed by atoms with Gasteiger partial charge in [0.1, 0.15) is 0 Å². The number of likely N-dealkylation sites (tertiary alicyclic amines) is 1. The van der Waals surface area contributed by atoms with Crippen LogP contribution in [0.3, 0.4) is 0 Å². The number of nitrogens with one attached hydrogen (secondary N) is 3. The molecule has 3 heterocycles. The van der Waals surface area contributed by atoms with Crippen LogP contribution in [-0.2, 0) is 18.4 Å². The number of benzene rings is 3. The lowest BCUT2D eigenvalue weighted by Crippen LogP contribution is -2.26. The Morgan fingerprint density at radius 1 is 1.00 bits per heavy atom. The summed E-state index contributed by atoms with van der Waals surface area (Å²) >= 11 is 0. The van der Waals surface area contributed by atoms with Crippen LogP contribution >= 0.6 is 0 Å². The molecule has 0 aliphatic carbocycles. The molecule has 1 saturated heterocycles. The number of hydrogen-bond donors (Lipinski definition) is 3. The second-order valence-corrected chi connectivity index (χ2v) is 10.8. The molecular formula is C33H34N6O2. The molecule has 8 heteroatoms. The summed E-state index contributed by atoms with van der Waals surface area (Å²) in [6, 6.07) is 23.3. The number of carbonyl (C=O) groups excluding carboxylic acids is 2. The van der Waals surface area contributed by atoms with Gasteiger partial charge in [-0.05, 0) is 74.3 Å². The van der Waals surface area contributed by atoms with Gasteiger partial charge in [0.25, 0.3) is 11.8 Å². The standard InChI is InChI=1S/C33H34N6O2/c1-22(24-10-4-3-5-11-24)35-32(40)25-13-14-29-28(18-25)30(33(41)37-29)31(26-19-34-38(2)21-26)36-27-12-8-9-23(17-27)20-39-15-6-7-16-39/h3-5,8-14,17-19,21-22,36H,6-7,15-16,20H2,1-2H3,(H,35,40)(H,37,41)/b31-30-/t22-/m1/s1. The van der Waals surface area contributed by atoms with E-state index < -0.39 is 0 Å². The highest BCUT2D eigenvalue weighted by Gasteiger charge is 2.30. The molecule has 6 rings (SSSR count). The third kappa shape index (κ3) is 5.78. The molecule has 0 bridgehead atoms. The Morgan fingerprint density at radius 2 is 1.80 bits per heavy atom. The fourth-order valence-corrected chi connectivity index (χ4v) is 5.58. The van der Waals surface area contributed by atoms with Crippen LogP contribution in [-0.4, -0.2) is 39.6 Å². The van der Waals surface area contributed by atoms with E-state index >= 15 is 0 Å². The van der Waals surface area contributed by atoms with Crippen LogP contribution in [0.4, 0.5) is 11.4 Å². The smallest absolute Gasteiger partial charge is 0.258 e. The third-order valence-electron chi connectivity index (χ3n) is 7.72. The maximum Gasteiger partial charge on any atom is 0.258 e. The van der Waals surface area contributed by atoms with Crippen molar-refractivity contribution in [3.63, 3.8) is 0 Å². The third-order valence-corrected chi connectivity index (χ3v) is 7.72. The molecule has 8 nitrogen and oxygen atoms in total. The zero-order chi connectivity index (χ0) is 28.3. The molecular weight excluding hydrogens is 512 g/mol. The van der Waals surface area contributed by atoms with E-state index in [-0.39, 0.29) is 17.9 Å². The lowest BCUT2D eigenvalue weighted by Gasteiger charge is -2.17. The quantitative estimate of drug-likeness (QED) is 0.256. The minimum absolute atomic E-state index is 0.160. The average molecular weight is 547 g/mol. The van der Waals surface area contributed by atoms with E-state index in [9.17, 15) is 9.59 Å². The second-order valence-electron chi connectivity index (χ2n) is 10.8. The second kappa shape index (κ2) is 11.4. The Bertz CT molecular complexity index is 1620. The van der Waals surface area contributed by atoms with Crippen LogP contribution in [0.5, 0.6) is 0 Å². The topological polar surface area (TPSA) is 91.3 Å². The Balaban J connectivity index is 1.34. The number of anilines is 2. The number of amides is 2. The molecule has 41 heavy (non-hydrogen) atoms. The van der Waals surface area contributed by atoms with Crippen molar-refractivity contribution in [2.45, 2.75) is 32.4 Å². The Morgan fingerprint density at radius 3 is 2.56 bits per heavy atom. The minimum atomic E-state index is -0.227. The molecule has 3 N–H and O–H groups in total. The molecule has 0 unspecified atom stereocenters. The monoisotopic (exact) mass is 546 g/mol. The van der Waals surface area contributed by atoms with Gasteiger partial charge in [0.15, 0.2) is 0 Å². The van der Waals surface area contributed by atoms with Crippen LogP contribution < -0.4 is 16.0 Å². The van der Waals surface area contributed by atoms with Gasteiger partial charge in [-0.1, -0.05) is 42.5 Å². The van der Waals surface area contributed by atoms with Crippen molar-refractivity contribution in [3.8, 4) is 0 Å². The highest BCUT2D eigenvalue weighted by atomic mass is 16.2. The van der Waals surface area contributed by atoms with E-state index in [1.54, 1.807) is 29.1 Å². The highest BCUT2D eigenvalue weighted by Crippen LogP contribution is 2.38. The van der Waals surface area contributed by atoms with Crippen molar-refractivity contribution in [2.75, 3.05) is 23.7 Å². The van der Waals surface area contributed by atoms with E-state index in [1.807, 2.05) is 62.6 Å². The van der Waals surface area contributed by atoms with Crippen molar-refractivity contribution < 1.29 is 9.59 Å². The number of hydrogen-bond acceptors (Lipinski definition) is 5. The number of rotatable bonds is 8. The van der Waals surface area contributed by atoms with Gasteiger partial charge in [0.2, 0.25) is 0 Å². The summed E-state index contributed by atoms with van der Waals surface area (Å²) < 4.78 is 1.71. The zero-order valence-electron chi connectivity index (χ0n) is 23.4. The van der Waals surface area contributed by atoms with Crippen LogP contribution in [0.15, 0.2) is 85.2 Å². The summed E-state index contributed by atoms with van der Waals surface area (Å²) in [6.07, 6.45) is 6.11. The summed E-state index contributed by atoms with van der Waals surface area (Å²) in [6.45, 7) is 5.11. The summed E-state index contributed by atoms with van der Waals surface area (Å²) in [5.41, 5.74) is 6.86. The van der Waals surface area contributed by atoms with Crippen LogP contribution in [0.1, 0.15) is 58.4 Å². The number of aryl methyl sites for hydroxylation is 1. The highest BCUT2D eigenvalue weighted by molar-refractivity contribution is 6.37. The number of aromatic nitrogens is 2. The number of carbonyl (C=O) groups is 2. The van der Waals surface area contributed by atoms with E-state index in [4.69, 9.17) is 0 Å². The number of nitrogens with zero attached hydrogens (tertiary/aromatic N) is 3. The van der Waals surface area contributed by atoms with Gasteiger partial charge in [-0.3, -0.25) is 19.2 Å². The molecule has 3 aromatic carbocycles. The van der Waals surface area contributed by atoms with Crippen molar-refractivity contribution in [3.05, 3.63) is 113 Å². The predicted octanol–water partition coefficient (Wildman–Crippen LogP) is 5.44. The molecule has 1 fully saturated rings. The largest absolute Gasteiger partial charge is 0.354 e. The van der Waals surface area contributed by atoms with E-state index in [0.717, 1.165) is 36.4 Å². The Labute approximate surface area is 240 Å². The SMILES string of the molecule is C[C@@H](NC(=O)c1ccc2c(c1)/C(=C(/Nc1cccc(CN3CCCC3)c1)c1cnn(C)c1)C(=O)N2)c1ccccc1. The fourth-order valence-electron chi connectivity index (χ4n) is 5.58. The molecule has 1 atom stereocenters. The van der Waals surface area contributed by atoms with Crippen molar-refractivity contribution >= 4 is 34.5 Å².